The summed E-state index contributed by atoms with van der Waals surface area (Å²) in [5.41, 5.74) is 3.22. The van der Waals surface area contributed by atoms with Crippen molar-refractivity contribution in [2.75, 3.05) is 11.1 Å². The summed E-state index contributed by atoms with van der Waals surface area (Å²) in [4.78, 5) is 16.1. The summed E-state index contributed by atoms with van der Waals surface area (Å²) in [6, 6.07) is 7.94. The van der Waals surface area contributed by atoms with Crippen LogP contribution in [-0.4, -0.2) is 25.6 Å². The summed E-state index contributed by atoms with van der Waals surface area (Å²) in [6.45, 7) is 4.08. The molecule has 0 amide bonds. The van der Waals surface area contributed by atoms with Crippen molar-refractivity contribution < 1.29 is 4.21 Å². The van der Waals surface area contributed by atoms with Crippen LogP contribution in [0.3, 0.4) is 0 Å². The summed E-state index contributed by atoms with van der Waals surface area (Å²) < 4.78 is 22.6. The Morgan fingerprint density at radius 1 is 1.20 bits per heavy atom. The number of pyridine rings is 1. The molecule has 1 fully saturated rings. The Morgan fingerprint density at radius 2 is 1.93 bits per heavy atom. The highest BCUT2D eigenvalue weighted by Crippen LogP contribution is 2.36. The molecule has 7 heteroatoms. The zero-order chi connectivity index (χ0) is 21.5. The van der Waals surface area contributed by atoms with Gasteiger partial charge in [0.25, 0.3) is 5.56 Å². The second-order valence-corrected chi connectivity index (χ2v) is 10.9. The van der Waals surface area contributed by atoms with E-state index in [2.05, 4.69) is 17.2 Å². The van der Waals surface area contributed by atoms with Gasteiger partial charge in [-0.15, -0.1) is 0 Å². The van der Waals surface area contributed by atoms with E-state index in [0.717, 1.165) is 41.0 Å². The number of aromatic nitrogens is 2. The van der Waals surface area contributed by atoms with Crippen molar-refractivity contribution in [3.8, 4) is 11.1 Å². The molecule has 2 heterocycles. The first-order valence-electron chi connectivity index (χ1n) is 10.6. The lowest BCUT2D eigenvalue weighted by atomic mass is 9.87. The molecule has 1 aromatic carbocycles. The third-order valence-electron chi connectivity index (χ3n) is 6.34. The first kappa shape index (κ1) is 20.7. The van der Waals surface area contributed by atoms with E-state index in [-0.39, 0.29) is 11.3 Å². The Hall–Kier alpha value is -2.54. The monoisotopic (exact) mass is 426 g/mol. The minimum absolute atomic E-state index is 0.0801. The number of fused-ring (bicyclic) bond motifs is 1. The zero-order valence-electron chi connectivity index (χ0n) is 17.8. The lowest BCUT2D eigenvalue weighted by molar-refractivity contribution is 0.361. The van der Waals surface area contributed by atoms with Gasteiger partial charge in [-0.25, -0.2) is 8.99 Å². The molecule has 160 valence electrons. The van der Waals surface area contributed by atoms with Crippen LogP contribution >= 0.6 is 0 Å². The van der Waals surface area contributed by atoms with Crippen molar-refractivity contribution in [1.29, 1.82) is 4.78 Å². The zero-order valence-corrected chi connectivity index (χ0v) is 18.6. The standard InChI is InChI=1S/C23H30N4O2S/c1-4-30(24,29)17-9-10-21(26-16-7-5-15(2)6-8-16)19(13-17)20-14-27(3)23(28)22-18(20)11-12-25-22/h9-16,24-26H,4-8H2,1-3H3/t15-,16-,30?. The Kier molecular flexibility index (Phi) is 5.49. The summed E-state index contributed by atoms with van der Waals surface area (Å²) in [5, 5.41) is 4.54. The van der Waals surface area contributed by atoms with Crippen LogP contribution in [0, 0.1) is 10.7 Å². The molecular formula is C23H30N4O2S. The Bertz CT molecular complexity index is 1230. The van der Waals surface area contributed by atoms with E-state index in [0.29, 0.717) is 16.5 Å². The molecule has 4 rings (SSSR count). The predicted molar refractivity (Wildman–Crippen MR) is 124 cm³/mol. The number of nitrogens with zero attached hydrogens (tertiary/aromatic N) is 1. The Morgan fingerprint density at radius 3 is 2.63 bits per heavy atom. The number of hydrogen-bond acceptors (Lipinski definition) is 4. The molecule has 1 atom stereocenters. The number of aromatic amines is 1. The number of rotatable bonds is 5. The number of anilines is 1. The molecule has 0 aliphatic heterocycles. The smallest absolute Gasteiger partial charge is 0.274 e. The van der Waals surface area contributed by atoms with Crippen molar-refractivity contribution in [1.82, 2.24) is 9.55 Å². The molecule has 2 aromatic heterocycles. The van der Waals surface area contributed by atoms with Crippen LogP contribution in [0.25, 0.3) is 22.0 Å². The van der Waals surface area contributed by atoms with Gasteiger partial charge >= 0.3 is 0 Å². The lowest BCUT2D eigenvalue weighted by Crippen LogP contribution is -2.25. The summed E-state index contributed by atoms with van der Waals surface area (Å²) in [7, 11) is -1.11. The first-order valence-corrected chi connectivity index (χ1v) is 12.4. The van der Waals surface area contributed by atoms with Crippen LogP contribution in [0.5, 0.6) is 0 Å². The Labute approximate surface area is 177 Å². The second kappa shape index (κ2) is 7.95. The van der Waals surface area contributed by atoms with Gasteiger partial charge < -0.3 is 14.9 Å². The van der Waals surface area contributed by atoms with E-state index in [1.165, 1.54) is 12.8 Å². The molecule has 3 N–H and O–H groups in total. The third-order valence-corrected chi connectivity index (χ3v) is 8.17. The van der Waals surface area contributed by atoms with Crippen LogP contribution in [0.2, 0.25) is 0 Å². The van der Waals surface area contributed by atoms with Crippen molar-refractivity contribution in [3.05, 3.63) is 47.0 Å². The minimum atomic E-state index is -2.85. The van der Waals surface area contributed by atoms with Gasteiger partial charge in [-0.05, 0) is 55.9 Å². The third kappa shape index (κ3) is 3.78. The molecule has 0 radical (unpaired) electrons. The molecule has 1 unspecified atom stereocenters. The maximum atomic E-state index is 12.8. The SMILES string of the molecule is CCS(=N)(=O)c1ccc(N[C@H]2CC[C@H](C)CC2)c(-c2cn(C)c(=O)c3[nH]ccc23)c1. The minimum Gasteiger partial charge on any atom is -0.382 e. The molecule has 1 aliphatic carbocycles. The van der Waals surface area contributed by atoms with E-state index < -0.39 is 9.73 Å². The number of nitrogens with one attached hydrogen (secondary N) is 3. The van der Waals surface area contributed by atoms with Crippen LogP contribution in [0.15, 0.2) is 46.3 Å². The Balaban J connectivity index is 1.88. The van der Waals surface area contributed by atoms with Gasteiger partial charge in [0.1, 0.15) is 5.52 Å². The highest BCUT2D eigenvalue weighted by Gasteiger charge is 2.21. The summed E-state index contributed by atoms with van der Waals surface area (Å²) >= 11 is 0. The highest BCUT2D eigenvalue weighted by atomic mass is 32.2. The fourth-order valence-corrected chi connectivity index (χ4v) is 5.28. The molecule has 0 saturated heterocycles. The molecule has 1 saturated carbocycles. The van der Waals surface area contributed by atoms with Crippen LogP contribution in [0.4, 0.5) is 5.69 Å². The van der Waals surface area contributed by atoms with Crippen molar-refractivity contribution in [3.63, 3.8) is 0 Å². The molecule has 3 aromatic rings. The van der Waals surface area contributed by atoms with Crippen LogP contribution in [-0.2, 0) is 16.8 Å². The van der Waals surface area contributed by atoms with Crippen molar-refractivity contribution >= 4 is 26.3 Å². The fraction of sp³-hybridized carbons (Fsp3) is 0.435. The molecule has 0 spiro atoms. The first-order chi connectivity index (χ1) is 14.3. The van der Waals surface area contributed by atoms with Gasteiger partial charge in [-0.3, -0.25) is 4.79 Å². The van der Waals surface area contributed by atoms with Gasteiger partial charge in [-0.1, -0.05) is 13.8 Å². The van der Waals surface area contributed by atoms with Crippen molar-refractivity contribution in [2.45, 2.75) is 50.5 Å². The number of hydrogen-bond donors (Lipinski definition) is 3. The van der Waals surface area contributed by atoms with Gasteiger partial charge in [0.2, 0.25) is 0 Å². The van der Waals surface area contributed by atoms with Crippen molar-refractivity contribution in [2.24, 2.45) is 13.0 Å². The van der Waals surface area contributed by atoms with Crippen LogP contribution < -0.4 is 10.9 Å². The van der Waals surface area contributed by atoms with E-state index >= 15 is 0 Å². The normalized spacial score (nSPS) is 21.4. The van der Waals surface area contributed by atoms with Gasteiger partial charge in [-0.2, -0.15) is 0 Å². The van der Waals surface area contributed by atoms with E-state index in [4.69, 9.17) is 4.78 Å². The maximum absolute atomic E-state index is 12.8. The topological polar surface area (TPSA) is 90.7 Å². The van der Waals surface area contributed by atoms with E-state index in [1.54, 1.807) is 24.7 Å². The van der Waals surface area contributed by atoms with Gasteiger partial charge in [0.05, 0.1) is 9.73 Å². The average molecular weight is 427 g/mol. The van der Waals surface area contributed by atoms with E-state index in [9.17, 15) is 9.00 Å². The quantitative estimate of drug-likeness (QED) is 0.539. The van der Waals surface area contributed by atoms with Gasteiger partial charge in [0, 0.05) is 58.3 Å². The highest BCUT2D eigenvalue weighted by molar-refractivity contribution is 7.92. The molecular weight excluding hydrogens is 396 g/mol. The second-order valence-electron chi connectivity index (χ2n) is 8.50. The lowest BCUT2D eigenvalue weighted by Gasteiger charge is -2.29. The van der Waals surface area contributed by atoms with Crippen LogP contribution in [0.1, 0.15) is 39.5 Å². The number of aryl methyl sites for hydroxylation is 1. The predicted octanol–water partition coefficient (Wildman–Crippen LogP) is 4.95. The number of benzene rings is 1. The molecule has 6 nitrogen and oxygen atoms in total. The summed E-state index contributed by atoms with van der Waals surface area (Å²) in [6.07, 6.45) is 8.28. The largest absolute Gasteiger partial charge is 0.382 e. The summed E-state index contributed by atoms with van der Waals surface area (Å²) in [5.74, 6) is 1.04. The molecule has 0 bridgehead atoms. The maximum Gasteiger partial charge on any atom is 0.274 e. The van der Waals surface area contributed by atoms with Gasteiger partial charge in [0.15, 0.2) is 0 Å². The molecule has 30 heavy (non-hydrogen) atoms. The number of H-pyrrole nitrogens is 1. The fourth-order valence-electron chi connectivity index (χ4n) is 4.35. The molecule has 1 aliphatic rings. The van der Waals surface area contributed by atoms with E-state index in [1.807, 2.05) is 30.5 Å². The average Bonchev–Trinajstić information content (AvgIpc) is 3.23.